The van der Waals surface area contributed by atoms with Crippen LogP contribution in [-0.2, 0) is 19.2 Å². The van der Waals surface area contributed by atoms with E-state index in [0.717, 1.165) is 0 Å². The minimum atomic E-state index is -1.33. The molecule has 0 saturated carbocycles. The number of nitrogens with two attached hydrogens (primary N) is 2. The average Bonchev–Trinajstić information content (AvgIpc) is 2.41. The van der Waals surface area contributed by atoms with Crippen molar-refractivity contribution in [3.8, 4) is 0 Å². The lowest BCUT2D eigenvalue weighted by molar-refractivity contribution is -0.142. The third-order valence-electron chi connectivity index (χ3n) is 2.58. The second kappa shape index (κ2) is 8.87. The van der Waals surface area contributed by atoms with E-state index in [1.54, 1.807) is 0 Å². The summed E-state index contributed by atoms with van der Waals surface area (Å²) in [7, 11) is 0. The highest BCUT2D eigenvalue weighted by Gasteiger charge is 2.25. The van der Waals surface area contributed by atoms with Crippen molar-refractivity contribution in [3.05, 3.63) is 0 Å². The van der Waals surface area contributed by atoms with Gasteiger partial charge in [0.15, 0.2) is 0 Å². The van der Waals surface area contributed by atoms with Crippen molar-refractivity contribution in [3.63, 3.8) is 0 Å². The van der Waals surface area contributed by atoms with Crippen molar-refractivity contribution in [1.29, 1.82) is 0 Å². The van der Waals surface area contributed by atoms with Gasteiger partial charge in [0.2, 0.25) is 17.7 Å². The molecule has 3 atom stereocenters. The van der Waals surface area contributed by atoms with Gasteiger partial charge in [-0.15, -0.1) is 0 Å². The maximum Gasteiger partial charge on any atom is 0.325 e. The fourth-order valence-electron chi connectivity index (χ4n) is 1.28. The number of amides is 3. The number of aliphatic hydroxyl groups excluding tert-OH is 1. The van der Waals surface area contributed by atoms with Crippen LogP contribution in [0.15, 0.2) is 0 Å². The monoisotopic (exact) mass is 304 g/mol. The Balaban J connectivity index is 4.47. The van der Waals surface area contributed by atoms with E-state index < -0.39 is 48.4 Å². The summed E-state index contributed by atoms with van der Waals surface area (Å²) in [6.07, 6.45) is -0.104. The quantitative estimate of drug-likeness (QED) is 0.257. The van der Waals surface area contributed by atoms with Gasteiger partial charge in [-0.05, 0) is 13.3 Å². The van der Waals surface area contributed by atoms with Crippen molar-refractivity contribution in [1.82, 2.24) is 10.6 Å². The van der Waals surface area contributed by atoms with Crippen LogP contribution in [0.25, 0.3) is 0 Å². The first kappa shape index (κ1) is 18.8. The van der Waals surface area contributed by atoms with Crippen molar-refractivity contribution in [2.45, 2.75) is 37.9 Å². The molecule has 0 spiro atoms. The Hall–Kier alpha value is -2.20. The van der Waals surface area contributed by atoms with Gasteiger partial charge in [0, 0.05) is 6.42 Å². The van der Waals surface area contributed by atoms with Crippen molar-refractivity contribution in [2.75, 3.05) is 6.61 Å². The van der Waals surface area contributed by atoms with Gasteiger partial charge in [-0.1, -0.05) is 0 Å². The molecule has 3 amide bonds. The first-order valence-electron chi connectivity index (χ1n) is 6.17. The maximum atomic E-state index is 11.7. The summed E-state index contributed by atoms with van der Waals surface area (Å²) in [6.45, 7) is 0.502. The highest BCUT2D eigenvalue weighted by molar-refractivity contribution is 5.91. The van der Waals surface area contributed by atoms with E-state index >= 15 is 0 Å². The summed E-state index contributed by atoms with van der Waals surface area (Å²) in [4.78, 5) is 44.5. The molecule has 0 fully saturated rings. The summed E-state index contributed by atoms with van der Waals surface area (Å²) in [5.41, 5.74) is 10.4. The van der Waals surface area contributed by atoms with Crippen molar-refractivity contribution < 1.29 is 29.4 Å². The Morgan fingerprint density at radius 1 is 1.14 bits per heavy atom. The normalized spacial score (nSPS) is 14.6. The number of hydrogen-bond acceptors (Lipinski definition) is 6. The minimum Gasteiger partial charge on any atom is -0.480 e. The molecule has 0 unspecified atom stereocenters. The van der Waals surface area contributed by atoms with Crippen LogP contribution < -0.4 is 22.1 Å². The number of primary amides is 1. The summed E-state index contributed by atoms with van der Waals surface area (Å²) in [6, 6.07) is -3.58. The number of aliphatic hydroxyl groups is 1. The van der Waals surface area contributed by atoms with Gasteiger partial charge in [-0.2, -0.15) is 0 Å². The SMILES string of the molecule is C[C@H](NC(=O)[C@H](CO)NC(=O)[C@@H](N)CCC(N)=O)C(=O)O. The topological polar surface area (TPSA) is 185 Å². The number of carbonyl (C=O) groups excluding carboxylic acids is 3. The zero-order chi connectivity index (χ0) is 16.6. The minimum absolute atomic E-state index is 0.00748. The number of nitrogens with one attached hydrogen (secondary N) is 2. The zero-order valence-electron chi connectivity index (χ0n) is 11.5. The summed E-state index contributed by atoms with van der Waals surface area (Å²) in [5.74, 6) is -3.49. The Labute approximate surface area is 120 Å². The number of hydrogen-bond donors (Lipinski definition) is 6. The molecule has 8 N–H and O–H groups in total. The van der Waals surface area contributed by atoms with Crippen LogP contribution in [0.5, 0.6) is 0 Å². The molecular weight excluding hydrogens is 284 g/mol. The van der Waals surface area contributed by atoms with Gasteiger partial charge in [-0.25, -0.2) is 0 Å². The molecule has 0 aliphatic rings. The molecule has 10 nitrogen and oxygen atoms in total. The summed E-state index contributed by atoms with van der Waals surface area (Å²) in [5, 5.41) is 22.0. The lowest BCUT2D eigenvalue weighted by Crippen LogP contribution is -2.55. The Kier molecular flexibility index (Phi) is 7.94. The van der Waals surface area contributed by atoms with E-state index in [0.29, 0.717) is 0 Å². The highest BCUT2D eigenvalue weighted by atomic mass is 16.4. The number of rotatable bonds is 9. The third kappa shape index (κ3) is 7.22. The highest BCUT2D eigenvalue weighted by Crippen LogP contribution is 1.96. The molecule has 0 rings (SSSR count). The number of carboxylic acid groups (broad SMARTS) is 1. The second-order valence-electron chi connectivity index (χ2n) is 4.42. The van der Waals surface area contributed by atoms with E-state index in [-0.39, 0.29) is 12.8 Å². The van der Waals surface area contributed by atoms with Gasteiger partial charge in [0.1, 0.15) is 12.1 Å². The maximum absolute atomic E-state index is 11.7. The number of carboxylic acids is 1. The van der Waals surface area contributed by atoms with Crippen LogP contribution in [0.3, 0.4) is 0 Å². The third-order valence-corrected chi connectivity index (χ3v) is 2.58. The molecule has 120 valence electrons. The smallest absolute Gasteiger partial charge is 0.325 e. The van der Waals surface area contributed by atoms with Crippen LogP contribution in [0.4, 0.5) is 0 Å². The molecule has 0 bridgehead atoms. The van der Waals surface area contributed by atoms with Gasteiger partial charge in [-0.3, -0.25) is 19.2 Å². The Morgan fingerprint density at radius 3 is 2.14 bits per heavy atom. The first-order chi connectivity index (χ1) is 9.68. The lowest BCUT2D eigenvalue weighted by atomic mass is 10.1. The van der Waals surface area contributed by atoms with Crippen molar-refractivity contribution >= 4 is 23.7 Å². The van der Waals surface area contributed by atoms with Crippen LogP contribution in [0, 0.1) is 0 Å². The predicted octanol–water partition coefficient (Wildman–Crippen LogP) is -3.35. The molecule has 0 radical (unpaired) electrons. The number of aliphatic carboxylic acids is 1. The molecule has 0 aromatic heterocycles. The zero-order valence-corrected chi connectivity index (χ0v) is 11.5. The van der Waals surface area contributed by atoms with Gasteiger partial charge < -0.3 is 32.3 Å². The van der Waals surface area contributed by atoms with Crippen LogP contribution in [0.1, 0.15) is 19.8 Å². The van der Waals surface area contributed by atoms with Gasteiger partial charge in [0.25, 0.3) is 0 Å². The average molecular weight is 304 g/mol. The molecule has 21 heavy (non-hydrogen) atoms. The molecule has 0 heterocycles. The molecule has 0 aromatic rings. The molecule has 10 heteroatoms. The Bertz CT molecular complexity index is 414. The van der Waals surface area contributed by atoms with E-state index in [1.807, 2.05) is 0 Å². The summed E-state index contributed by atoms with van der Waals surface area (Å²) < 4.78 is 0. The van der Waals surface area contributed by atoms with Crippen LogP contribution >= 0.6 is 0 Å². The van der Waals surface area contributed by atoms with E-state index in [9.17, 15) is 19.2 Å². The predicted molar refractivity (Wildman–Crippen MR) is 70.7 cm³/mol. The molecule has 0 aromatic carbocycles. The van der Waals surface area contributed by atoms with Crippen LogP contribution in [-0.4, -0.2) is 58.6 Å². The largest absolute Gasteiger partial charge is 0.480 e. The second-order valence-corrected chi connectivity index (χ2v) is 4.42. The van der Waals surface area contributed by atoms with Gasteiger partial charge in [0.05, 0.1) is 12.6 Å². The fraction of sp³-hybridized carbons (Fsp3) is 0.636. The van der Waals surface area contributed by atoms with E-state index in [1.165, 1.54) is 6.92 Å². The summed E-state index contributed by atoms with van der Waals surface area (Å²) >= 11 is 0. The molecule has 0 aliphatic carbocycles. The standard InChI is InChI=1S/C11H20N4O6/c1-5(11(20)21)14-10(19)7(4-16)15-9(18)6(12)2-3-8(13)17/h5-7,16H,2-4,12H2,1H3,(H2,13,17)(H,14,19)(H,15,18)(H,20,21)/t5-,6-,7-/m0/s1. The van der Waals surface area contributed by atoms with E-state index in [2.05, 4.69) is 10.6 Å². The molecule has 0 saturated heterocycles. The molecular formula is C11H20N4O6. The lowest BCUT2D eigenvalue weighted by Gasteiger charge is -2.19. The van der Waals surface area contributed by atoms with Crippen molar-refractivity contribution in [2.24, 2.45) is 11.5 Å². The Morgan fingerprint density at radius 2 is 1.71 bits per heavy atom. The molecule has 0 aliphatic heterocycles. The van der Waals surface area contributed by atoms with Gasteiger partial charge >= 0.3 is 5.97 Å². The van der Waals surface area contributed by atoms with Crippen LogP contribution in [0.2, 0.25) is 0 Å². The first-order valence-corrected chi connectivity index (χ1v) is 6.17. The fourth-order valence-corrected chi connectivity index (χ4v) is 1.28. The number of carbonyl (C=O) groups is 4. The van der Waals surface area contributed by atoms with E-state index in [4.69, 9.17) is 21.7 Å².